The first-order valence-electron chi connectivity index (χ1n) is 4.94. The van der Waals surface area contributed by atoms with Crippen LogP contribution in [0.1, 0.15) is 36.6 Å². The largest absolute Gasteiger partial charge is 0.324 e. The molecule has 0 radical (unpaired) electrons. The van der Waals surface area contributed by atoms with E-state index in [-0.39, 0.29) is 6.04 Å². The van der Waals surface area contributed by atoms with Crippen molar-refractivity contribution in [2.45, 2.75) is 32.2 Å². The quantitative estimate of drug-likeness (QED) is 0.748. The van der Waals surface area contributed by atoms with E-state index in [1.54, 1.807) is 0 Å². The van der Waals surface area contributed by atoms with Gasteiger partial charge in [0.2, 0.25) is 0 Å². The van der Waals surface area contributed by atoms with Crippen LogP contribution in [0.15, 0.2) is 6.20 Å². The minimum absolute atomic E-state index is 0.211. The summed E-state index contributed by atoms with van der Waals surface area (Å²) in [5, 5.41) is 4.21. The number of nitrogens with two attached hydrogens (primary N) is 1. The van der Waals surface area contributed by atoms with Crippen LogP contribution in [0, 0.1) is 12.8 Å². The average Bonchev–Trinajstić information content (AvgIpc) is 2.29. The standard InChI is InChI=1S/C10H17N3/c1-7-9(6-12-13(7)2)10(11)8-4-3-5-8/h6,8,10H,3-5,11H2,1-2H3. The lowest BCUT2D eigenvalue weighted by atomic mass is 9.78. The summed E-state index contributed by atoms with van der Waals surface area (Å²) >= 11 is 0. The predicted octanol–water partition coefficient (Wildman–Crippen LogP) is 1.53. The summed E-state index contributed by atoms with van der Waals surface area (Å²) in [5.74, 6) is 0.697. The molecule has 0 saturated heterocycles. The molecule has 0 bridgehead atoms. The minimum atomic E-state index is 0.211. The summed E-state index contributed by atoms with van der Waals surface area (Å²) in [5.41, 5.74) is 8.60. The maximum absolute atomic E-state index is 6.16. The number of hydrogen-bond donors (Lipinski definition) is 1. The van der Waals surface area contributed by atoms with Gasteiger partial charge < -0.3 is 5.73 Å². The summed E-state index contributed by atoms with van der Waals surface area (Å²) in [6.45, 7) is 2.08. The second-order valence-electron chi connectivity index (χ2n) is 4.03. The van der Waals surface area contributed by atoms with Gasteiger partial charge in [-0.05, 0) is 25.7 Å². The Morgan fingerprint density at radius 3 is 2.69 bits per heavy atom. The Labute approximate surface area is 78.9 Å². The van der Waals surface area contributed by atoms with Crippen molar-refractivity contribution in [1.29, 1.82) is 0 Å². The monoisotopic (exact) mass is 179 g/mol. The van der Waals surface area contributed by atoms with Crippen molar-refractivity contribution in [2.24, 2.45) is 18.7 Å². The van der Waals surface area contributed by atoms with E-state index in [1.807, 2.05) is 17.9 Å². The first kappa shape index (κ1) is 8.75. The summed E-state index contributed by atoms with van der Waals surface area (Å²) in [7, 11) is 1.96. The Bertz CT molecular complexity index is 299. The summed E-state index contributed by atoms with van der Waals surface area (Å²) in [6, 6.07) is 0.211. The molecule has 1 heterocycles. The van der Waals surface area contributed by atoms with E-state index in [1.165, 1.54) is 30.5 Å². The van der Waals surface area contributed by atoms with Gasteiger partial charge in [-0.1, -0.05) is 6.42 Å². The van der Waals surface area contributed by atoms with Gasteiger partial charge in [0, 0.05) is 24.3 Å². The molecule has 3 heteroatoms. The van der Waals surface area contributed by atoms with E-state index in [0.717, 1.165) is 0 Å². The zero-order valence-electron chi connectivity index (χ0n) is 8.33. The molecule has 1 unspecified atom stereocenters. The van der Waals surface area contributed by atoms with E-state index < -0.39 is 0 Å². The number of hydrogen-bond acceptors (Lipinski definition) is 2. The van der Waals surface area contributed by atoms with Crippen LogP contribution in [0.2, 0.25) is 0 Å². The van der Waals surface area contributed by atoms with Crippen molar-refractivity contribution in [3.63, 3.8) is 0 Å². The number of nitrogens with zero attached hydrogens (tertiary/aromatic N) is 2. The lowest BCUT2D eigenvalue weighted by molar-refractivity contribution is 0.264. The second-order valence-corrected chi connectivity index (χ2v) is 4.03. The molecule has 2 N–H and O–H groups in total. The molecule has 13 heavy (non-hydrogen) atoms. The van der Waals surface area contributed by atoms with Crippen molar-refractivity contribution >= 4 is 0 Å². The second kappa shape index (κ2) is 3.14. The van der Waals surface area contributed by atoms with Crippen LogP contribution in [-0.4, -0.2) is 9.78 Å². The lowest BCUT2D eigenvalue weighted by Crippen LogP contribution is -2.27. The van der Waals surface area contributed by atoms with Crippen molar-refractivity contribution < 1.29 is 0 Å². The molecule has 1 fully saturated rings. The molecule has 1 saturated carbocycles. The summed E-state index contributed by atoms with van der Waals surface area (Å²) in [6.07, 6.45) is 5.83. The smallest absolute Gasteiger partial charge is 0.0540 e. The SMILES string of the molecule is Cc1c(C(N)C2CCC2)cnn1C. The molecule has 1 aromatic rings. The van der Waals surface area contributed by atoms with E-state index in [4.69, 9.17) is 5.73 Å². The van der Waals surface area contributed by atoms with Crippen LogP contribution in [0.4, 0.5) is 0 Å². The van der Waals surface area contributed by atoms with Gasteiger partial charge >= 0.3 is 0 Å². The summed E-state index contributed by atoms with van der Waals surface area (Å²) in [4.78, 5) is 0. The average molecular weight is 179 g/mol. The molecule has 72 valence electrons. The Morgan fingerprint density at radius 1 is 1.62 bits per heavy atom. The van der Waals surface area contributed by atoms with Gasteiger partial charge in [-0.25, -0.2) is 0 Å². The summed E-state index contributed by atoms with van der Waals surface area (Å²) < 4.78 is 1.90. The third-order valence-corrected chi connectivity index (χ3v) is 3.29. The molecule has 2 rings (SSSR count). The van der Waals surface area contributed by atoms with Gasteiger partial charge in [0.05, 0.1) is 6.20 Å². The minimum Gasteiger partial charge on any atom is -0.324 e. The van der Waals surface area contributed by atoms with Gasteiger partial charge in [-0.2, -0.15) is 5.10 Å². The maximum atomic E-state index is 6.16. The van der Waals surface area contributed by atoms with Crippen LogP contribution >= 0.6 is 0 Å². The van der Waals surface area contributed by atoms with E-state index >= 15 is 0 Å². The highest BCUT2D eigenvalue weighted by molar-refractivity contribution is 5.21. The fourth-order valence-electron chi connectivity index (χ4n) is 1.90. The topological polar surface area (TPSA) is 43.8 Å². The van der Waals surface area contributed by atoms with Gasteiger partial charge in [0.25, 0.3) is 0 Å². The first-order chi connectivity index (χ1) is 6.20. The normalized spacial score (nSPS) is 19.9. The molecule has 3 nitrogen and oxygen atoms in total. The molecule has 0 spiro atoms. The lowest BCUT2D eigenvalue weighted by Gasteiger charge is -2.31. The van der Waals surface area contributed by atoms with Crippen LogP contribution in [0.5, 0.6) is 0 Å². The highest BCUT2D eigenvalue weighted by Gasteiger charge is 2.27. The van der Waals surface area contributed by atoms with Crippen molar-refractivity contribution in [1.82, 2.24) is 9.78 Å². The molecular weight excluding hydrogens is 162 g/mol. The Morgan fingerprint density at radius 2 is 2.31 bits per heavy atom. The van der Waals surface area contributed by atoms with Crippen molar-refractivity contribution in [3.05, 3.63) is 17.5 Å². The van der Waals surface area contributed by atoms with Gasteiger partial charge in [-0.3, -0.25) is 4.68 Å². The van der Waals surface area contributed by atoms with Crippen LogP contribution in [0.3, 0.4) is 0 Å². The molecule has 1 aromatic heterocycles. The third-order valence-electron chi connectivity index (χ3n) is 3.29. The molecule has 0 amide bonds. The Hall–Kier alpha value is -0.830. The number of aryl methyl sites for hydroxylation is 1. The molecule has 0 aromatic carbocycles. The van der Waals surface area contributed by atoms with Crippen molar-refractivity contribution in [2.75, 3.05) is 0 Å². The van der Waals surface area contributed by atoms with Crippen molar-refractivity contribution in [3.8, 4) is 0 Å². The molecule has 1 atom stereocenters. The van der Waals surface area contributed by atoms with Gasteiger partial charge in [0.1, 0.15) is 0 Å². The first-order valence-corrected chi connectivity index (χ1v) is 4.94. The number of rotatable bonds is 2. The highest BCUT2D eigenvalue weighted by Crippen LogP contribution is 2.36. The molecule has 0 aliphatic heterocycles. The molecular formula is C10H17N3. The van der Waals surface area contributed by atoms with Crippen LogP contribution < -0.4 is 5.73 Å². The maximum Gasteiger partial charge on any atom is 0.0540 e. The fraction of sp³-hybridized carbons (Fsp3) is 0.700. The van der Waals surface area contributed by atoms with Crippen LogP contribution in [0.25, 0.3) is 0 Å². The zero-order valence-corrected chi connectivity index (χ0v) is 8.33. The van der Waals surface area contributed by atoms with Gasteiger partial charge in [-0.15, -0.1) is 0 Å². The Balaban J connectivity index is 2.18. The van der Waals surface area contributed by atoms with Gasteiger partial charge in [0.15, 0.2) is 0 Å². The molecule has 1 aliphatic rings. The van der Waals surface area contributed by atoms with Crippen LogP contribution in [-0.2, 0) is 7.05 Å². The van der Waals surface area contributed by atoms with E-state index in [9.17, 15) is 0 Å². The number of aromatic nitrogens is 2. The highest BCUT2D eigenvalue weighted by atomic mass is 15.3. The fourth-order valence-corrected chi connectivity index (χ4v) is 1.90. The predicted molar refractivity (Wildman–Crippen MR) is 52.2 cm³/mol. The third kappa shape index (κ3) is 1.37. The van der Waals surface area contributed by atoms with E-state index in [2.05, 4.69) is 12.0 Å². The zero-order chi connectivity index (χ0) is 9.42. The molecule has 1 aliphatic carbocycles. The Kier molecular flexibility index (Phi) is 2.12. The van der Waals surface area contributed by atoms with E-state index in [0.29, 0.717) is 5.92 Å².